The van der Waals surface area contributed by atoms with Crippen LogP contribution >= 0.6 is 0 Å². The van der Waals surface area contributed by atoms with Gasteiger partial charge in [-0.25, -0.2) is 4.57 Å². The van der Waals surface area contributed by atoms with E-state index in [1.807, 2.05) is 0 Å². The Morgan fingerprint density at radius 1 is 0.312 bits per heavy atom. The van der Waals surface area contributed by atoms with Crippen LogP contribution in [0.25, 0.3) is 0 Å². The standard InChI is InChI=1S/C47H90N/c1-4-7-10-13-15-17-19-21-23-25-27-29-31-33-35-37-40-46-42-44-48(43-39-12-9-6-3)45-47(46)41-38-36-34-32-30-28-26-24-22-20-18-16-14-11-8-5-2/h42,44-45H,4-41,43H2,1-3H3/q+1. The molecular formula is C47H90N+. The van der Waals surface area contributed by atoms with Crippen LogP contribution in [0.2, 0.25) is 0 Å². The van der Waals surface area contributed by atoms with Gasteiger partial charge in [0.15, 0.2) is 12.4 Å². The summed E-state index contributed by atoms with van der Waals surface area (Å²) in [5.41, 5.74) is 3.32. The minimum Gasteiger partial charge on any atom is -0.205 e. The lowest BCUT2D eigenvalue weighted by Gasteiger charge is -2.10. The fourth-order valence-corrected chi connectivity index (χ4v) is 7.68. The number of aryl methyl sites for hydroxylation is 3. The summed E-state index contributed by atoms with van der Waals surface area (Å²) in [7, 11) is 0. The Morgan fingerprint density at radius 2 is 0.583 bits per heavy atom. The average Bonchev–Trinajstić information content (AvgIpc) is 3.10. The Balaban J connectivity index is 2.16. The van der Waals surface area contributed by atoms with Crippen LogP contribution in [0.1, 0.15) is 263 Å². The van der Waals surface area contributed by atoms with E-state index in [1.165, 1.54) is 251 Å². The van der Waals surface area contributed by atoms with Crippen molar-refractivity contribution in [2.75, 3.05) is 0 Å². The van der Waals surface area contributed by atoms with Gasteiger partial charge in [0.05, 0.1) is 0 Å². The Kier molecular flexibility index (Phi) is 35.2. The molecule has 0 unspecified atom stereocenters. The fourth-order valence-electron chi connectivity index (χ4n) is 7.68. The monoisotopic (exact) mass is 669 g/mol. The van der Waals surface area contributed by atoms with Crippen molar-refractivity contribution in [3.63, 3.8) is 0 Å². The number of aromatic nitrogens is 1. The Labute approximate surface area is 304 Å². The van der Waals surface area contributed by atoms with E-state index < -0.39 is 0 Å². The zero-order chi connectivity index (χ0) is 34.4. The van der Waals surface area contributed by atoms with E-state index in [0.29, 0.717) is 0 Å². The molecule has 0 saturated heterocycles. The van der Waals surface area contributed by atoms with Crippen molar-refractivity contribution in [2.45, 2.75) is 271 Å². The molecule has 0 saturated carbocycles. The van der Waals surface area contributed by atoms with Crippen LogP contribution in [0.5, 0.6) is 0 Å². The molecule has 1 heterocycles. The van der Waals surface area contributed by atoms with E-state index in [0.717, 1.165) is 0 Å². The molecule has 1 nitrogen and oxygen atoms in total. The largest absolute Gasteiger partial charge is 0.205 e. The van der Waals surface area contributed by atoms with Crippen LogP contribution < -0.4 is 4.57 Å². The number of hydrogen-bond donors (Lipinski definition) is 0. The quantitative estimate of drug-likeness (QED) is 0.0485. The van der Waals surface area contributed by atoms with Gasteiger partial charge in [0.2, 0.25) is 0 Å². The van der Waals surface area contributed by atoms with Crippen LogP contribution in [0.3, 0.4) is 0 Å². The first-order valence-electron chi connectivity index (χ1n) is 22.8. The van der Waals surface area contributed by atoms with Crippen molar-refractivity contribution in [3.8, 4) is 0 Å². The second-order valence-electron chi connectivity index (χ2n) is 15.9. The molecular weight excluding hydrogens is 579 g/mol. The summed E-state index contributed by atoms with van der Waals surface area (Å²) in [4.78, 5) is 0. The second kappa shape index (κ2) is 37.4. The normalized spacial score (nSPS) is 11.6. The van der Waals surface area contributed by atoms with Gasteiger partial charge in [0.1, 0.15) is 6.54 Å². The third-order valence-electron chi connectivity index (χ3n) is 11.1. The highest BCUT2D eigenvalue weighted by Gasteiger charge is 2.10. The van der Waals surface area contributed by atoms with Crippen molar-refractivity contribution in [1.29, 1.82) is 0 Å². The number of rotatable bonds is 39. The first-order valence-corrected chi connectivity index (χ1v) is 22.8. The van der Waals surface area contributed by atoms with E-state index in [2.05, 4.69) is 43.8 Å². The molecule has 0 N–H and O–H groups in total. The highest BCUT2D eigenvalue weighted by molar-refractivity contribution is 5.21. The van der Waals surface area contributed by atoms with Gasteiger partial charge in [0.25, 0.3) is 0 Å². The molecule has 0 amide bonds. The molecule has 0 aromatic carbocycles. The third-order valence-corrected chi connectivity index (χ3v) is 11.1. The lowest BCUT2D eigenvalue weighted by Crippen LogP contribution is -2.33. The van der Waals surface area contributed by atoms with E-state index >= 15 is 0 Å². The van der Waals surface area contributed by atoms with Crippen LogP contribution in [-0.4, -0.2) is 0 Å². The Hall–Kier alpha value is -0.850. The zero-order valence-electron chi connectivity index (χ0n) is 33.8. The second-order valence-corrected chi connectivity index (χ2v) is 15.9. The van der Waals surface area contributed by atoms with E-state index in [4.69, 9.17) is 0 Å². The Bertz CT molecular complexity index is 753. The van der Waals surface area contributed by atoms with Crippen LogP contribution in [-0.2, 0) is 19.4 Å². The SMILES string of the molecule is CCCCCCCCCCCCCCCCCCc1cc[n+](CCCCCC)cc1CCCCCCCCCCCCCCCCCC. The molecule has 0 atom stereocenters. The maximum absolute atomic E-state index is 2.54. The van der Waals surface area contributed by atoms with Gasteiger partial charge in [-0.1, -0.05) is 226 Å². The van der Waals surface area contributed by atoms with Crippen molar-refractivity contribution < 1.29 is 4.57 Å². The van der Waals surface area contributed by atoms with Gasteiger partial charge in [-0.3, -0.25) is 0 Å². The third kappa shape index (κ3) is 30.0. The summed E-state index contributed by atoms with van der Waals surface area (Å²) in [6, 6.07) is 2.49. The summed E-state index contributed by atoms with van der Waals surface area (Å²) in [6.45, 7) is 8.14. The maximum atomic E-state index is 2.54. The molecule has 0 aliphatic rings. The molecule has 1 heteroatoms. The van der Waals surface area contributed by atoms with Gasteiger partial charge in [0, 0.05) is 18.1 Å². The minimum absolute atomic E-state index is 1.20. The van der Waals surface area contributed by atoms with Crippen LogP contribution in [0.4, 0.5) is 0 Å². The van der Waals surface area contributed by atoms with Gasteiger partial charge in [-0.05, 0) is 37.7 Å². The van der Waals surface area contributed by atoms with E-state index in [-0.39, 0.29) is 0 Å². The van der Waals surface area contributed by atoms with Crippen molar-refractivity contribution in [2.24, 2.45) is 0 Å². The van der Waals surface area contributed by atoms with Gasteiger partial charge in [-0.2, -0.15) is 0 Å². The highest BCUT2D eigenvalue weighted by Crippen LogP contribution is 2.19. The molecule has 1 aromatic rings. The summed E-state index contributed by atoms with van der Waals surface area (Å²) in [6.07, 6.45) is 59.4. The van der Waals surface area contributed by atoms with Crippen molar-refractivity contribution >= 4 is 0 Å². The first-order chi connectivity index (χ1) is 23.8. The van der Waals surface area contributed by atoms with E-state index in [9.17, 15) is 0 Å². The Morgan fingerprint density at radius 3 is 0.917 bits per heavy atom. The lowest BCUT2D eigenvalue weighted by atomic mass is 9.97. The highest BCUT2D eigenvalue weighted by atomic mass is 14.9. The topological polar surface area (TPSA) is 3.88 Å². The van der Waals surface area contributed by atoms with E-state index in [1.54, 1.807) is 11.1 Å². The van der Waals surface area contributed by atoms with Crippen LogP contribution in [0, 0.1) is 0 Å². The smallest absolute Gasteiger partial charge is 0.172 e. The summed E-state index contributed by atoms with van der Waals surface area (Å²) in [5, 5.41) is 0. The molecule has 0 spiro atoms. The minimum atomic E-state index is 1.20. The summed E-state index contributed by atoms with van der Waals surface area (Å²) >= 11 is 0. The molecule has 1 rings (SSSR count). The molecule has 0 aliphatic carbocycles. The zero-order valence-corrected chi connectivity index (χ0v) is 33.8. The molecule has 0 aliphatic heterocycles. The molecule has 0 fully saturated rings. The van der Waals surface area contributed by atoms with Crippen molar-refractivity contribution in [1.82, 2.24) is 0 Å². The fraction of sp³-hybridized carbons (Fsp3) is 0.894. The number of unbranched alkanes of at least 4 members (excludes halogenated alkanes) is 33. The molecule has 0 bridgehead atoms. The predicted octanol–water partition coefficient (Wildman–Crippen LogP) is 16.2. The molecule has 1 aromatic heterocycles. The van der Waals surface area contributed by atoms with Gasteiger partial charge in [-0.15, -0.1) is 0 Å². The molecule has 0 radical (unpaired) electrons. The predicted molar refractivity (Wildman–Crippen MR) is 217 cm³/mol. The number of hydrogen-bond acceptors (Lipinski definition) is 0. The molecule has 282 valence electrons. The maximum Gasteiger partial charge on any atom is 0.172 e. The molecule has 48 heavy (non-hydrogen) atoms. The van der Waals surface area contributed by atoms with Crippen molar-refractivity contribution in [3.05, 3.63) is 29.6 Å². The lowest BCUT2D eigenvalue weighted by molar-refractivity contribution is -0.697. The van der Waals surface area contributed by atoms with Gasteiger partial charge >= 0.3 is 0 Å². The number of pyridine rings is 1. The summed E-state index contributed by atoms with van der Waals surface area (Å²) in [5.74, 6) is 0. The van der Waals surface area contributed by atoms with Gasteiger partial charge < -0.3 is 0 Å². The summed E-state index contributed by atoms with van der Waals surface area (Å²) < 4.78 is 2.51. The number of nitrogens with zero attached hydrogens (tertiary/aromatic N) is 1. The average molecular weight is 669 g/mol. The van der Waals surface area contributed by atoms with Crippen LogP contribution in [0.15, 0.2) is 18.5 Å². The first kappa shape index (κ1) is 45.2.